The van der Waals surface area contributed by atoms with Crippen molar-refractivity contribution < 1.29 is 19.1 Å². The lowest BCUT2D eigenvalue weighted by Gasteiger charge is -2.40. The fraction of sp³-hybridized carbons (Fsp3) is 0.310. The zero-order valence-corrected chi connectivity index (χ0v) is 22.3. The predicted molar refractivity (Wildman–Crippen MR) is 149 cm³/mol. The monoisotopic (exact) mass is 504 g/mol. The van der Waals surface area contributed by atoms with Crippen LogP contribution in [-0.2, 0) is 4.74 Å². The van der Waals surface area contributed by atoms with E-state index in [0.29, 0.717) is 23.7 Å². The van der Waals surface area contributed by atoms with Crippen molar-refractivity contribution in [3.63, 3.8) is 0 Å². The lowest BCUT2D eigenvalue weighted by molar-refractivity contribution is 0.0470. The van der Waals surface area contributed by atoms with Crippen molar-refractivity contribution in [1.29, 1.82) is 0 Å². The Morgan fingerprint density at radius 1 is 0.757 bits per heavy atom. The van der Waals surface area contributed by atoms with Gasteiger partial charge in [-0.1, -0.05) is 18.2 Å². The second-order valence-electron chi connectivity index (χ2n) is 10.00. The third-order valence-corrected chi connectivity index (χ3v) is 5.33. The van der Waals surface area contributed by atoms with Crippen molar-refractivity contribution in [1.82, 2.24) is 5.32 Å². The van der Waals surface area contributed by atoms with Gasteiger partial charge in [-0.15, -0.1) is 0 Å². The van der Waals surface area contributed by atoms with E-state index in [2.05, 4.69) is 16.0 Å². The molecule has 0 aliphatic carbocycles. The molecule has 8 heteroatoms. The highest BCUT2D eigenvalue weighted by molar-refractivity contribution is 5.99. The van der Waals surface area contributed by atoms with Crippen LogP contribution in [0.4, 0.5) is 26.7 Å². The molecule has 0 aromatic heterocycles. The van der Waals surface area contributed by atoms with E-state index in [1.807, 2.05) is 101 Å². The summed E-state index contributed by atoms with van der Waals surface area (Å²) in [6.07, 6.45) is -0.481. The molecule has 3 amide bonds. The van der Waals surface area contributed by atoms with E-state index in [4.69, 9.17) is 9.47 Å². The van der Waals surface area contributed by atoms with Crippen LogP contribution in [-0.4, -0.2) is 29.9 Å². The van der Waals surface area contributed by atoms with Gasteiger partial charge in [0.1, 0.15) is 22.8 Å². The van der Waals surface area contributed by atoms with Gasteiger partial charge in [-0.3, -0.25) is 5.32 Å². The van der Waals surface area contributed by atoms with Gasteiger partial charge in [0.15, 0.2) is 0 Å². The average Bonchev–Trinajstić information content (AvgIpc) is 2.81. The number of hydrogen-bond donors (Lipinski definition) is 3. The third kappa shape index (κ3) is 8.45. The van der Waals surface area contributed by atoms with Crippen LogP contribution in [0, 0.1) is 0 Å². The first kappa shape index (κ1) is 27.4. The van der Waals surface area contributed by atoms with Gasteiger partial charge < -0.3 is 25.0 Å². The minimum Gasteiger partial charge on any atom is -0.457 e. The van der Waals surface area contributed by atoms with Gasteiger partial charge in [-0.25, -0.2) is 9.59 Å². The summed E-state index contributed by atoms with van der Waals surface area (Å²) < 4.78 is 11.2. The zero-order chi connectivity index (χ0) is 27.1. The first-order chi connectivity index (χ1) is 17.4. The van der Waals surface area contributed by atoms with Crippen LogP contribution in [0.1, 0.15) is 41.5 Å². The van der Waals surface area contributed by atoms with E-state index in [0.717, 1.165) is 11.4 Å². The van der Waals surface area contributed by atoms with Crippen LogP contribution in [0.25, 0.3) is 0 Å². The Bertz CT molecular complexity index is 1170. The average molecular weight is 505 g/mol. The number of carbonyl (C=O) groups is 2. The summed E-state index contributed by atoms with van der Waals surface area (Å²) in [5, 5.41) is 8.58. The molecular formula is C29H36N4O4. The Morgan fingerprint density at radius 2 is 1.27 bits per heavy atom. The summed E-state index contributed by atoms with van der Waals surface area (Å²) in [6, 6.07) is 23.7. The third-order valence-electron chi connectivity index (χ3n) is 5.33. The maximum Gasteiger partial charge on any atom is 0.409 e. The van der Waals surface area contributed by atoms with E-state index in [9.17, 15) is 9.59 Å². The molecular weight excluding hydrogens is 468 g/mol. The summed E-state index contributed by atoms with van der Waals surface area (Å²) in [4.78, 5) is 26.9. The van der Waals surface area contributed by atoms with Crippen molar-refractivity contribution in [2.24, 2.45) is 0 Å². The van der Waals surface area contributed by atoms with Crippen LogP contribution >= 0.6 is 0 Å². The summed E-state index contributed by atoms with van der Waals surface area (Å²) >= 11 is 0. The van der Waals surface area contributed by atoms with Gasteiger partial charge in [0, 0.05) is 23.6 Å². The summed E-state index contributed by atoms with van der Waals surface area (Å²) in [5.41, 5.74) is 0.896. The molecule has 37 heavy (non-hydrogen) atoms. The highest BCUT2D eigenvalue weighted by Crippen LogP contribution is 2.25. The standard InChI is InChI=1S/C29H36N4O4/c1-7-33(29(5,6)32-27(35)37-28(2,3)4)23-17-13-21(14-18-23)30-26(34)31-22-15-19-25(20-16-22)36-24-11-9-8-10-12-24/h8-20H,7H2,1-6H3,(H,32,35)(H2,30,31,34). The first-order valence-corrected chi connectivity index (χ1v) is 12.2. The number of nitrogens with zero attached hydrogens (tertiary/aromatic N) is 1. The minimum atomic E-state index is -0.695. The number of alkyl carbamates (subject to hydrolysis) is 1. The van der Waals surface area contributed by atoms with Crippen LogP contribution in [0.2, 0.25) is 0 Å². The zero-order valence-electron chi connectivity index (χ0n) is 22.3. The van der Waals surface area contributed by atoms with Crippen molar-refractivity contribution in [3.05, 3.63) is 78.9 Å². The second kappa shape index (κ2) is 11.7. The summed E-state index contributed by atoms with van der Waals surface area (Å²) in [5.74, 6) is 1.42. The number of benzene rings is 3. The van der Waals surface area contributed by atoms with Crippen molar-refractivity contribution in [2.45, 2.75) is 52.8 Å². The number of amides is 3. The predicted octanol–water partition coefficient (Wildman–Crippen LogP) is 7.21. The number of ether oxygens (including phenoxy) is 2. The maximum absolute atomic E-state index is 12.5. The number of anilines is 3. The van der Waals surface area contributed by atoms with Gasteiger partial charge >= 0.3 is 12.1 Å². The fourth-order valence-corrected chi connectivity index (χ4v) is 3.77. The minimum absolute atomic E-state index is 0.358. The van der Waals surface area contributed by atoms with Crippen molar-refractivity contribution in [2.75, 3.05) is 22.1 Å². The molecule has 3 aromatic carbocycles. The fourth-order valence-electron chi connectivity index (χ4n) is 3.77. The number of carbonyl (C=O) groups excluding carboxylic acids is 2. The molecule has 0 spiro atoms. The van der Waals surface area contributed by atoms with E-state index in [1.165, 1.54) is 0 Å². The molecule has 0 heterocycles. The van der Waals surface area contributed by atoms with Crippen molar-refractivity contribution >= 4 is 29.2 Å². The smallest absolute Gasteiger partial charge is 0.409 e. The molecule has 0 radical (unpaired) electrons. The number of rotatable bonds is 8. The Hall–Kier alpha value is -4.20. The lowest BCUT2D eigenvalue weighted by Crippen LogP contribution is -2.57. The molecule has 3 rings (SSSR count). The van der Waals surface area contributed by atoms with E-state index in [1.54, 1.807) is 24.3 Å². The Morgan fingerprint density at radius 3 is 1.78 bits per heavy atom. The second-order valence-corrected chi connectivity index (χ2v) is 10.00. The van der Waals surface area contributed by atoms with Gasteiger partial charge in [0.25, 0.3) is 0 Å². The molecule has 0 saturated carbocycles. The number of para-hydroxylation sites is 1. The number of urea groups is 1. The van der Waals surface area contributed by atoms with Crippen LogP contribution < -0.4 is 25.6 Å². The van der Waals surface area contributed by atoms with E-state index in [-0.39, 0.29) is 6.03 Å². The number of nitrogens with one attached hydrogen (secondary N) is 3. The van der Waals surface area contributed by atoms with Gasteiger partial charge in [0.05, 0.1) is 0 Å². The Kier molecular flexibility index (Phi) is 8.65. The lowest BCUT2D eigenvalue weighted by atomic mass is 10.1. The largest absolute Gasteiger partial charge is 0.457 e. The molecule has 196 valence electrons. The van der Waals surface area contributed by atoms with Crippen LogP contribution in [0.3, 0.4) is 0 Å². The van der Waals surface area contributed by atoms with Crippen LogP contribution in [0.15, 0.2) is 78.9 Å². The molecule has 0 fully saturated rings. The Balaban J connectivity index is 1.57. The van der Waals surface area contributed by atoms with Crippen molar-refractivity contribution in [3.8, 4) is 11.5 Å². The number of hydrogen-bond acceptors (Lipinski definition) is 5. The maximum atomic E-state index is 12.5. The molecule has 3 N–H and O–H groups in total. The first-order valence-electron chi connectivity index (χ1n) is 12.2. The summed E-state index contributed by atoms with van der Waals surface area (Å²) in [7, 11) is 0. The van der Waals surface area contributed by atoms with E-state index >= 15 is 0 Å². The van der Waals surface area contributed by atoms with E-state index < -0.39 is 17.4 Å². The summed E-state index contributed by atoms with van der Waals surface area (Å²) in [6.45, 7) is 12.0. The molecule has 3 aromatic rings. The topological polar surface area (TPSA) is 91.9 Å². The molecule has 0 aliphatic rings. The van der Waals surface area contributed by atoms with Crippen LogP contribution in [0.5, 0.6) is 11.5 Å². The van der Waals surface area contributed by atoms with Gasteiger partial charge in [-0.05, 0) is 102 Å². The molecule has 8 nitrogen and oxygen atoms in total. The molecule has 0 saturated heterocycles. The van der Waals surface area contributed by atoms with Gasteiger partial charge in [-0.2, -0.15) is 0 Å². The normalized spacial score (nSPS) is 11.3. The Labute approximate surface area is 219 Å². The molecule has 0 bridgehead atoms. The molecule has 0 unspecified atom stereocenters. The highest BCUT2D eigenvalue weighted by Gasteiger charge is 2.30. The van der Waals surface area contributed by atoms with Gasteiger partial charge in [0.2, 0.25) is 0 Å². The molecule has 0 aliphatic heterocycles. The quantitative estimate of drug-likeness (QED) is 0.282. The SMILES string of the molecule is CCN(c1ccc(NC(=O)Nc2ccc(Oc3ccccc3)cc2)cc1)C(C)(C)NC(=O)OC(C)(C)C. The molecule has 0 atom stereocenters. The highest BCUT2D eigenvalue weighted by atomic mass is 16.6.